The van der Waals surface area contributed by atoms with Crippen LogP contribution in [0.15, 0.2) is 0 Å². The van der Waals surface area contributed by atoms with Crippen molar-refractivity contribution in [2.24, 2.45) is 5.92 Å². The zero-order valence-electron chi connectivity index (χ0n) is 10.8. The summed E-state index contributed by atoms with van der Waals surface area (Å²) >= 11 is 0. The summed E-state index contributed by atoms with van der Waals surface area (Å²) in [5.74, 6) is -0.203. The second-order valence-corrected chi connectivity index (χ2v) is 4.23. The van der Waals surface area contributed by atoms with Crippen molar-refractivity contribution in [1.29, 1.82) is 0 Å². The number of hydrogen-bond acceptors (Lipinski definition) is 4. The number of hydrogen-bond donors (Lipinski definition) is 0. The van der Waals surface area contributed by atoms with Gasteiger partial charge in [0.2, 0.25) is 0 Å². The van der Waals surface area contributed by atoms with Gasteiger partial charge in [-0.3, -0.25) is 9.59 Å². The number of ether oxygens (including phenoxy) is 2. The van der Waals surface area contributed by atoms with Crippen molar-refractivity contribution in [3.8, 4) is 0 Å². The first-order chi connectivity index (χ1) is 8.10. The van der Waals surface area contributed by atoms with E-state index in [2.05, 4.69) is 0 Å². The van der Waals surface area contributed by atoms with Crippen LogP contribution in [-0.4, -0.2) is 49.7 Å². The van der Waals surface area contributed by atoms with Crippen LogP contribution in [0.25, 0.3) is 0 Å². The largest absolute Gasteiger partial charge is 0.466 e. The van der Waals surface area contributed by atoms with Crippen molar-refractivity contribution in [1.82, 2.24) is 4.90 Å². The SMILES string of the molecule is CCOC(=O)C1CCN(C(=O)C(C)OC)CC1. The molecule has 0 aromatic carbocycles. The van der Waals surface area contributed by atoms with Crippen LogP contribution >= 0.6 is 0 Å². The van der Waals surface area contributed by atoms with Gasteiger partial charge in [0.05, 0.1) is 12.5 Å². The monoisotopic (exact) mass is 243 g/mol. The molecular weight excluding hydrogens is 222 g/mol. The molecule has 1 rings (SSSR count). The fourth-order valence-electron chi connectivity index (χ4n) is 1.95. The predicted molar refractivity (Wildman–Crippen MR) is 62.4 cm³/mol. The minimum Gasteiger partial charge on any atom is -0.466 e. The molecule has 1 aliphatic heterocycles. The van der Waals surface area contributed by atoms with Gasteiger partial charge in [0.1, 0.15) is 6.10 Å². The number of piperidine rings is 1. The van der Waals surface area contributed by atoms with E-state index in [1.54, 1.807) is 18.7 Å². The van der Waals surface area contributed by atoms with E-state index >= 15 is 0 Å². The Morgan fingerprint density at radius 3 is 2.41 bits per heavy atom. The zero-order valence-corrected chi connectivity index (χ0v) is 10.8. The first kappa shape index (κ1) is 14.0. The Morgan fingerprint density at radius 2 is 1.94 bits per heavy atom. The molecule has 1 fully saturated rings. The van der Waals surface area contributed by atoms with Gasteiger partial charge in [-0.1, -0.05) is 0 Å². The van der Waals surface area contributed by atoms with Gasteiger partial charge in [0.25, 0.3) is 5.91 Å². The van der Waals surface area contributed by atoms with Crippen LogP contribution in [0.3, 0.4) is 0 Å². The molecule has 17 heavy (non-hydrogen) atoms. The maximum atomic E-state index is 11.8. The summed E-state index contributed by atoms with van der Waals surface area (Å²) < 4.78 is 9.97. The molecule has 1 aliphatic rings. The number of esters is 1. The van der Waals surface area contributed by atoms with Gasteiger partial charge in [-0.15, -0.1) is 0 Å². The maximum absolute atomic E-state index is 11.8. The normalized spacial score (nSPS) is 18.9. The van der Waals surface area contributed by atoms with Crippen molar-refractivity contribution < 1.29 is 19.1 Å². The third kappa shape index (κ3) is 3.70. The van der Waals surface area contributed by atoms with E-state index in [1.165, 1.54) is 7.11 Å². The summed E-state index contributed by atoms with van der Waals surface area (Å²) in [6.07, 6.45) is 0.955. The molecular formula is C12H21NO4. The Labute approximate surface area is 102 Å². The number of methoxy groups -OCH3 is 1. The Morgan fingerprint density at radius 1 is 1.35 bits per heavy atom. The van der Waals surface area contributed by atoms with E-state index in [4.69, 9.17) is 9.47 Å². The first-order valence-corrected chi connectivity index (χ1v) is 6.08. The Balaban J connectivity index is 2.40. The van der Waals surface area contributed by atoms with Crippen LogP contribution in [0.4, 0.5) is 0 Å². The number of amides is 1. The molecule has 5 nitrogen and oxygen atoms in total. The molecule has 1 atom stereocenters. The number of carbonyl (C=O) groups excluding carboxylic acids is 2. The van der Waals surface area contributed by atoms with Crippen molar-refractivity contribution in [3.05, 3.63) is 0 Å². The second-order valence-electron chi connectivity index (χ2n) is 4.23. The molecule has 98 valence electrons. The van der Waals surface area contributed by atoms with E-state index in [9.17, 15) is 9.59 Å². The van der Waals surface area contributed by atoms with Gasteiger partial charge in [0.15, 0.2) is 0 Å². The molecule has 0 aromatic heterocycles. The van der Waals surface area contributed by atoms with Gasteiger partial charge in [-0.05, 0) is 26.7 Å². The lowest BCUT2D eigenvalue weighted by atomic mass is 9.97. The van der Waals surface area contributed by atoms with Crippen LogP contribution in [0, 0.1) is 5.92 Å². The van der Waals surface area contributed by atoms with Crippen molar-refractivity contribution in [2.75, 3.05) is 26.8 Å². The molecule has 0 saturated carbocycles. The molecule has 0 aliphatic carbocycles. The highest BCUT2D eigenvalue weighted by Gasteiger charge is 2.29. The van der Waals surface area contributed by atoms with E-state index in [-0.39, 0.29) is 17.8 Å². The lowest BCUT2D eigenvalue weighted by Crippen LogP contribution is -2.44. The van der Waals surface area contributed by atoms with Crippen LogP contribution in [-0.2, 0) is 19.1 Å². The molecule has 0 bridgehead atoms. The van der Waals surface area contributed by atoms with Crippen LogP contribution in [0.5, 0.6) is 0 Å². The minimum atomic E-state index is -0.408. The first-order valence-electron chi connectivity index (χ1n) is 6.08. The second kappa shape index (κ2) is 6.59. The molecule has 5 heteroatoms. The van der Waals surface area contributed by atoms with Crippen LogP contribution < -0.4 is 0 Å². The van der Waals surface area contributed by atoms with E-state index < -0.39 is 6.10 Å². The maximum Gasteiger partial charge on any atom is 0.309 e. The molecule has 0 aromatic rings. The fourth-order valence-corrected chi connectivity index (χ4v) is 1.95. The smallest absolute Gasteiger partial charge is 0.309 e. The number of likely N-dealkylation sites (tertiary alicyclic amines) is 1. The lowest BCUT2D eigenvalue weighted by Gasteiger charge is -2.32. The predicted octanol–water partition coefficient (Wildman–Crippen LogP) is 0.823. The standard InChI is InChI=1S/C12H21NO4/c1-4-17-12(15)10-5-7-13(8-6-10)11(14)9(2)16-3/h9-10H,4-8H2,1-3H3. The van der Waals surface area contributed by atoms with Crippen LogP contribution in [0.1, 0.15) is 26.7 Å². The topological polar surface area (TPSA) is 55.8 Å². The number of rotatable bonds is 4. The Bertz CT molecular complexity index is 272. The summed E-state index contributed by atoms with van der Waals surface area (Å²) in [6.45, 7) is 5.17. The highest BCUT2D eigenvalue weighted by molar-refractivity contribution is 5.81. The molecule has 0 radical (unpaired) electrons. The molecule has 0 spiro atoms. The molecule has 0 N–H and O–H groups in total. The summed E-state index contributed by atoms with van der Waals surface area (Å²) in [6, 6.07) is 0. The molecule has 1 amide bonds. The average Bonchev–Trinajstić information content (AvgIpc) is 2.37. The summed E-state index contributed by atoms with van der Waals surface area (Å²) in [5, 5.41) is 0. The van der Waals surface area contributed by atoms with Crippen molar-refractivity contribution >= 4 is 11.9 Å². The minimum absolute atomic E-state index is 0.00481. The van der Waals surface area contributed by atoms with E-state index in [0.29, 0.717) is 32.5 Å². The number of carbonyl (C=O) groups is 2. The van der Waals surface area contributed by atoms with E-state index in [0.717, 1.165) is 0 Å². The Kier molecular flexibility index (Phi) is 5.41. The van der Waals surface area contributed by atoms with E-state index in [1.807, 2.05) is 0 Å². The average molecular weight is 243 g/mol. The molecule has 1 heterocycles. The number of nitrogens with zero attached hydrogens (tertiary/aromatic N) is 1. The van der Waals surface area contributed by atoms with Gasteiger partial charge < -0.3 is 14.4 Å². The quantitative estimate of drug-likeness (QED) is 0.686. The third-order valence-electron chi connectivity index (χ3n) is 3.13. The van der Waals surface area contributed by atoms with Gasteiger partial charge >= 0.3 is 5.97 Å². The highest BCUT2D eigenvalue weighted by atomic mass is 16.5. The molecule has 1 saturated heterocycles. The van der Waals surface area contributed by atoms with Crippen molar-refractivity contribution in [2.45, 2.75) is 32.8 Å². The zero-order chi connectivity index (χ0) is 12.8. The molecule has 1 unspecified atom stereocenters. The Hall–Kier alpha value is -1.10. The van der Waals surface area contributed by atoms with Gasteiger partial charge in [-0.25, -0.2) is 0 Å². The van der Waals surface area contributed by atoms with Crippen molar-refractivity contribution in [3.63, 3.8) is 0 Å². The fraction of sp³-hybridized carbons (Fsp3) is 0.833. The lowest BCUT2D eigenvalue weighted by molar-refractivity contribution is -0.152. The summed E-state index contributed by atoms with van der Waals surface area (Å²) in [7, 11) is 1.52. The van der Waals surface area contributed by atoms with Gasteiger partial charge in [0, 0.05) is 20.2 Å². The summed E-state index contributed by atoms with van der Waals surface area (Å²) in [5.41, 5.74) is 0. The van der Waals surface area contributed by atoms with Crippen LogP contribution in [0.2, 0.25) is 0 Å². The van der Waals surface area contributed by atoms with Gasteiger partial charge in [-0.2, -0.15) is 0 Å². The summed E-state index contributed by atoms with van der Waals surface area (Å²) in [4.78, 5) is 25.1. The third-order valence-corrected chi connectivity index (χ3v) is 3.13. The highest BCUT2D eigenvalue weighted by Crippen LogP contribution is 2.19.